The molecule has 0 saturated carbocycles. The van der Waals surface area contributed by atoms with Crippen molar-refractivity contribution in [3.8, 4) is 0 Å². The minimum atomic E-state index is -0.685. The minimum Gasteiger partial charge on any atom is -0.326 e. The summed E-state index contributed by atoms with van der Waals surface area (Å²) in [5.41, 5.74) is 8.03. The van der Waals surface area contributed by atoms with Crippen LogP contribution in [-0.4, -0.2) is 10.8 Å². The monoisotopic (exact) mass is 221 g/mol. The smallest absolute Gasteiger partial charge is 0.281 e. The van der Waals surface area contributed by atoms with E-state index >= 15 is 0 Å². The number of hydrogen-bond acceptors (Lipinski definition) is 4. The quantitative estimate of drug-likeness (QED) is 0.277. The van der Waals surface area contributed by atoms with Gasteiger partial charge in [-0.1, -0.05) is 5.11 Å². The molecular weight excluding hydrogens is 214 g/mol. The molecule has 1 amide bonds. The summed E-state index contributed by atoms with van der Waals surface area (Å²) in [5.74, 6) is -0.342. The number of nitrogens with zero attached hydrogens (tertiary/aromatic N) is 4. The standard InChI is InChI=1S/C8H7N5O3/c1-5(14)10-6-2-3-7(11-12-9)8(4-6)13(15)16/h2-4H,1H3,(H,10,14). The fraction of sp³-hybridized carbons (Fsp3) is 0.125. The van der Waals surface area contributed by atoms with Crippen molar-refractivity contribution in [2.75, 3.05) is 5.32 Å². The van der Waals surface area contributed by atoms with E-state index in [1.807, 2.05) is 0 Å². The molecule has 82 valence electrons. The zero-order valence-electron chi connectivity index (χ0n) is 8.25. The van der Waals surface area contributed by atoms with E-state index in [9.17, 15) is 14.9 Å². The molecule has 0 aliphatic rings. The highest BCUT2D eigenvalue weighted by Crippen LogP contribution is 2.30. The molecule has 1 aromatic carbocycles. The van der Waals surface area contributed by atoms with E-state index in [4.69, 9.17) is 5.53 Å². The third-order valence-corrected chi connectivity index (χ3v) is 1.64. The number of carbonyl (C=O) groups excluding carboxylic acids is 1. The van der Waals surface area contributed by atoms with Gasteiger partial charge in [0.25, 0.3) is 5.69 Å². The molecule has 0 unspecified atom stereocenters. The van der Waals surface area contributed by atoms with Gasteiger partial charge in [-0.05, 0) is 17.7 Å². The van der Waals surface area contributed by atoms with E-state index in [1.165, 1.54) is 19.1 Å². The van der Waals surface area contributed by atoms with E-state index in [0.717, 1.165) is 6.07 Å². The summed E-state index contributed by atoms with van der Waals surface area (Å²) in [6, 6.07) is 3.81. The van der Waals surface area contributed by atoms with Crippen LogP contribution in [0.25, 0.3) is 10.4 Å². The number of anilines is 1. The predicted molar refractivity (Wildman–Crippen MR) is 56.2 cm³/mol. The average molecular weight is 221 g/mol. The van der Waals surface area contributed by atoms with Crippen LogP contribution in [-0.2, 0) is 4.79 Å². The highest BCUT2D eigenvalue weighted by molar-refractivity contribution is 5.89. The van der Waals surface area contributed by atoms with E-state index in [-0.39, 0.29) is 23.0 Å². The zero-order chi connectivity index (χ0) is 12.1. The predicted octanol–water partition coefficient (Wildman–Crippen LogP) is 2.50. The van der Waals surface area contributed by atoms with Crippen LogP contribution >= 0.6 is 0 Å². The third kappa shape index (κ3) is 2.69. The maximum atomic E-state index is 10.7. The number of benzene rings is 1. The van der Waals surface area contributed by atoms with Crippen molar-refractivity contribution < 1.29 is 9.72 Å². The Morgan fingerprint density at radius 2 is 2.31 bits per heavy atom. The summed E-state index contributed by atoms with van der Waals surface area (Å²) in [5, 5.41) is 16.2. The van der Waals surface area contributed by atoms with Crippen molar-refractivity contribution >= 4 is 23.0 Å². The SMILES string of the molecule is CC(=O)Nc1ccc(N=[N+]=[N-])c([N+](=O)[O-])c1. The Morgan fingerprint density at radius 3 is 2.81 bits per heavy atom. The fourth-order valence-electron chi connectivity index (χ4n) is 1.08. The van der Waals surface area contributed by atoms with Crippen LogP contribution in [0.15, 0.2) is 23.3 Å². The van der Waals surface area contributed by atoms with Gasteiger partial charge in [-0.2, -0.15) is 0 Å². The van der Waals surface area contributed by atoms with E-state index in [1.54, 1.807) is 0 Å². The van der Waals surface area contributed by atoms with Gasteiger partial charge in [0.1, 0.15) is 5.69 Å². The molecule has 0 saturated heterocycles. The molecule has 8 nitrogen and oxygen atoms in total. The maximum Gasteiger partial charge on any atom is 0.281 e. The first-order valence-electron chi connectivity index (χ1n) is 4.15. The summed E-state index contributed by atoms with van der Waals surface area (Å²) >= 11 is 0. The Bertz CT molecular complexity index is 492. The summed E-state index contributed by atoms with van der Waals surface area (Å²) in [6.45, 7) is 1.28. The van der Waals surface area contributed by atoms with Crippen LogP contribution in [0.1, 0.15) is 6.92 Å². The topological polar surface area (TPSA) is 121 Å². The maximum absolute atomic E-state index is 10.7. The lowest BCUT2D eigenvalue weighted by molar-refractivity contribution is -0.384. The molecule has 0 radical (unpaired) electrons. The van der Waals surface area contributed by atoms with Crippen molar-refractivity contribution in [1.82, 2.24) is 0 Å². The van der Waals surface area contributed by atoms with Crippen LogP contribution in [0.4, 0.5) is 17.1 Å². The molecule has 0 atom stereocenters. The Balaban J connectivity index is 3.22. The van der Waals surface area contributed by atoms with Gasteiger partial charge in [0.2, 0.25) is 5.91 Å². The summed E-state index contributed by atoms with van der Waals surface area (Å²) in [4.78, 5) is 23.2. The van der Waals surface area contributed by atoms with Gasteiger partial charge >= 0.3 is 0 Å². The molecule has 0 aliphatic carbocycles. The molecular formula is C8H7N5O3. The highest BCUT2D eigenvalue weighted by Gasteiger charge is 2.13. The number of rotatable bonds is 3. The molecule has 1 aromatic rings. The Hall–Kier alpha value is -2.60. The average Bonchev–Trinajstić information content (AvgIpc) is 2.19. The Labute approximate surface area is 89.7 Å². The van der Waals surface area contributed by atoms with Crippen LogP contribution in [0.2, 0.25) is 0 Å². The summed E-state index contributed by atoms with van der Waals surface area (Å²) in [6.07, 6.45) is 0. The van der Waals surface area contributed by atoms with Gasteiger partial charge in [0, 0.05) is 23.6 Å². The normalized spacial score (nSPS) is 9.06. The van der Waals surface area contributed by atoms with Crippen molar-refractivity contribution in [3.63, 3.8) is 0 Å². The second-order valence-electron chi connectivity index (χ2n) is 2.83. The summed E-state index contributed by atoms with van der Waals surface area (Å²) < 4.78 is 0. The number of carbonyl (C=O) groups is 1. The lowest BCUT2D eigenvalue weighted by atomic mass is 10.2. The molecule has 8 heteroatoms. The molecule has 1 N–H and O–H groups in total. The first-order valence-corrected chi connectivity index (χ1v) is 4.15. The van der Waals surface area contributed by atoms with Crippen LogP contribution in [0.5, 0.6) is 0 Å². The molecule has 0 fully saturated rings. The molecule has 1 rings (SSSR count). The van der Waals surface area contributed by atoms with Gasteiger partial charge in [-0.25, -0.2) is 0 Å². The first kappa shape index (κ1) is 11.5. The summed E-state index contributed by atoms with van der Waals surface area (Å²) in [7, 11) is 0. The van der Waals surface area contributed by atoms with Gasteiger partial charge < -0.3 is 5.32 Å². The minimum absolute atomic E-state index is 0.0957. The number of azide groups is 1. The number of hydrogen-bond donors (Lipinski definition) is 1. The number of nitrogens with one attached hydrogen (secondary N) is 1. The van der Waals surface area contributed by atoms with E-state index in [0.29, 0.717) is 0 Å². The second kappa shape index (κ2) is 4.76. The van der Waals surface area contributed by atoms with E-state index in [2.05, 4.69) is 15.3 Å². The van der Waals surface area contributed by atoms with Gasteiger partial charge in [0.15, 0.2) is 0 Å². The Morgan fingerprint density at radius 1 is 1.62 bits per heavy atom. The lowest BCUT2D eigenvalue weighted by Gasteiger charge is -2.02. The second-order valence-corrected chi connectivity index (χ2v) is 2.83. The van der Waals surface area contributed by atoms with Gasteiger partial charge in [-0.3, -0.25) is 14.9 Å². The third-order valence-electron chi connectivity index (χ3n) is 1.64. The van der Waals surface area contributed by atoms with Crippen molar-refractivity contribution in [1.29, 1.82) is 0 Å². The molecule has 0 bridgehead atoms. The van der Waals surface area contributed by atoms with Crippen molar-refractivity contribution in [2.24, 2.45) is 5.11 Å². The first-order chi connectivity index (χ1) is 7.54. The molecule has 0 heterocycles. The highest BCUT2D eigenvalue weighted by atomic mass is 16.6. The van der Waals surface area contributed by atoms with E-state index < -0.39 is 4.92 Å². The molecule has 0 aromatic heterocycles. The number of nitro groups is 1. The van der Waals surface area contributed by atoms with Crippen molar-refractivity contribution in [3.05, 3.63) is 38.8 Å². The molecule has 16 heavy (non-hydrogen) atoms. The molecule has 0 aliphatic heterocycles. The van der Waals surface area contributed by atoms with Gasteiger partial charge in [-0.15, -0.1) is 0 Å². The van der Waals surface area contributed by atoms with Crippen LogP contribution in [0.3, 0.4) is 0 Å². The van der Waals surface area contributed by atoms with Gasteiger partial charge in [0.05, 0.1) is 4.92 Å². The Kier molecular flexibility index (Phi) is 3.41. The lowest BCUT2D eigenvalue weighted by Crippen LogP contribution is -2.05. The van der Waals surface area contributed by atoms with Crippen LogP contribution < -0.4 is 5.32 Å². The number of nitro benzene ring substituents is 1. The largest absolute Gasteiger partial charge is 0.326 e. The fourth-order valence-corrected chi connectivity index (χ4v) is 1.08. The van der Waals surface area contributed by atoms with Crippen molar-refractivity contribution in [2.45, 2.75) is 6.92 Å². The molecule has 0 spiro atoms. The zero-order valence-corrected chi connectivity index (χ0v) is 8.25. The number of amides is 1. The van der Waals surface area contributed by atoms with Crippen LogP contribution in [0, 0.1) is 10.1 Å².